The second-order valence-electron chi connectivity index (χ2n) is 5.92. The summed E-state index contributed by atoms with van der Waals surface area (Å²) >= 11 is 0. The van der Waals surface area contributed by atoms with E-state index in [4.69, 9.17) is 0 Å². The van der Waals surface area contributed by atoms with Crippen molar-refractivity contribution >= 4 is 22.6 Å². The Morgan fingerprint density at radius 2 is 1.75 bits per heavy atom. The number of nitrogens with one attached hydrogen (secondary N) is 2. The summed E-state index contributed by atoms with van der Waals surface area (Å²) in [5.41, 5.74) is 0. The number of piperidine rings is 1. The fraction of sp³-hybridized carbons (Fsp3) is 1.00. The maximum atomic E-state index is 12.4. The largest absolute Gasteiger partial charge is 0.313 e. The molecule has 0 aromatic heterocycles. The van der Waals surface area contributed by atoms with Gasteiger partial charge < -0.3 is 5.32 Å². The Kier molecular flexibility index (Phi) is 7.21. The molecule has 120 valence electrons. The predicted molar refractivity (Wildman–Crippen MR) is 84.4 cm³/mol. The SMILES string of the molecule is CC1NCCCC1NS(=O)(=O)N(C)C1CCCCC1.Cl. The summed E-state index contributed by atoms with van der Waals surface area (Å²) in [6.07, 6.45) is 7.47. The highest BCUT2D eigenvalue weighted by molar-refractivity contribution is 7.87. The van der Waals surface area contributed by atoms with Crippen molar-refractivity contribution in [3.63, 3.8) is 0 Å². The number of hydrogen-bond acceptors (Lipinski definition) is 3. The molecule has 5 nitrogen and oxygen atoms in total. The Morgan fingerprint density at radius 1 is 1.10 bits per heavy atom. The molecule has 2 unspecified atom stereocenters. The molecule has 1 saturated heterocycles. The van der Waals surface area contributed by atoms with Crippen LogP contribution in [0.15, 0.2) is 0 Å². The van der Waals surface area contributed by atoms with E-state index >= 15 is 0 Å². The van der Waals surface area contributed by atoms with Crippen LogP contribution < -0.4 is 10.0 Å². The molecule has 2 atom stereocenters. The Bertz CT molecular complexity index is 385. The molecule has 0 aromatic rings. The maximum Gasteiger partial charge on any atom is 0.279 e. The summed E-state index contributed by atoms with van der Waals surface area (Å²) < 4.78 is 29.3. The van der Waals surface area contributed by atoms with Crippen molar-refractivity contribution in [3.05, 3.63) is 0 Å². The van der Waals surface area contributed by atoms with Crippen molar-refractivity contribution < 1.29 is 8.42 Å². The monoisotopic (exact) mass is 325 g/mol. The molecule has 1 aliphatic carbocycles. The van der Waals surface area contributed by atoms with Gasteiger partial charge in [0.15, 0.2) is 0 Å². The molecule has 0 spiro atoms. The van der Waals surface area contributed by atoms with E-state index in [1.807, 2.05) is 6.92 Å². The van der Waals surface area contributed by atoms with Gasteiger partial charge in [0.2, 0.25) is 0 Å². The Morgan fingerprint density at radius 3 is 2.35 bits per heavy atom. The Balaban J connectivity index is 0.00000200. The van der Waals surface area contributed by atoms with Crippen LogP contribution in [-0.4, -0.2) is 44.4 Å². The minimum atomic E-state index is -3.35. The molecule has 2 N–H and O–H groups in total. The van der Waals surface area contributed by atoms with E-state index in [1.165, 1.54) is 6.42 Å². The lowest BCUT2D eigenvalue weighted by Gasteiger charge is -2.35. The number of nitrogens with zero attached hydrogens (tertiary/aromatic N) is 1. The molecule has 0 bridgehead atoms. The van der Waals surface area contributed by atoms with Crippen molar-refractivity contribution in [1.82, 2.24) is 14.3 Å². The third-order valence-electron chi connectivity index (χ3n) is 4.53. The first-order valence-electron chi connectivity index (χ1n) is 7.49. The molecule has 0 radical (unpaired) electrons. The molecule has 1 saturated carbocycles. The summed E-state index contributed by atoms with van der Waals surface area (Å²) in [4.78, 5) is 0. The van der Waals surface area contributed by atoms with E-state index in [0.29, 0.717) is 0 Å². The van der Waals surface area contributed by atoms with Crippen LogP contribution in [0, 0.1) is 0 Å². The van der Waals surface area contributed by atoms with Crippen molar-refractivity contribution in [3.8, 4) is 0 Å². The van der Waals surface area contributed by atoms with Crippen molar-refractivity contribution in [2.24, 2.45) is 0 Å². The Hall–Kier alpha value is 0.120. The van der Waals surface area contributed by atoms with Gasteiger partial charge in [0.25, 0.3) is 10.2 Å². The average molecular weight is 326 g/mol. The standard InChI is InChI=1S/C13H27N3O2S.ClH/c1-11-13(9-6-10-14-11)15-19(17,18)16(2)12-7-4-3-5-8-12;/h11-15H,3-10H2,1-2H3;1H. The van der Waals surface area contributed by atoms with Crippen LogP contribution in [0.2, 0.25) is 0 Å². The van der Waals surface area contributed by atoms with E-state index in [2.05, 4.69) is 10.0 Å². The van der Waals surface area contributed by atoms with Gasteiger partial charge in [0, 0.05) is 25.2 Å². The van der Waals surface area contributed by atoms with E-state index in [0.717, 1.165) is 45.1 Å². The molecule has 0 amide bonds. The topological polar surface area (TPSA) is 61.4 Å². The van der Waals surface area contributed by atoms with Crippen molar-refractivity contribution in [2.75, 3.05) is 13.6 Å². The van der Waals surface area contributed by atoms with Crippen LogP contribution in [0.3, 0.4) is 0 Å². The zero-order valence-electron chi connectivity index (χ0n) is 12.5. The zero-order chi connectivity index (χ0) is 13.9. The predicted octanol–water partition coefficient (Wildman–Crippen LogP) is 1.65. The zero-order valence-corrected chi connectivity index (χ0v) is 14.1. The van der Waals surface area contributed by atoms with Gasteiger partial charge in [-0.3, -0.25) is 0 Å². The van der Waals surface area contributed by atoms with Gasteiger partial charge >= 0.3 is 0 Å². The molecule has 20 heavy (non-hydrogen) atoms. The molecule has 7 heteroatoms. The van der Waals surface area contributed by atoms with E-state index in [-0.39, 0.29) is 30.5 Å². The lowest BCUT2D eigenvalue weighted by Crippen LogP contribution is -2.55. The van der Waals surface area contributed by atoms with Crippen molar-refractivity contribution in [2.45, 2.75) is 70.0 Å². The minimum Gasteiger partial charge on any atom is -0.313 e. The smallest absolute Gasteiger partial charge is 0.279 e. The first kappa shape index (κ1) is 18.2. The van der Waals surface area contributed by atoms with Crippen LogP contribution >= 0.6 is 12.4 Å². The van der Waals surface area contributed by atoms with Crippen LogP contribution in [0.1, 0.15) is 51.9 Å². The van der Waals surface area contributed by atoms with Crippen LogP contribution in [0.5, 0.6) is 0 Å². The van der Waals surface area contributed by atoms with Gasteiger partial charge in [-0.25, -0.2) is 0 Å². The first-order valence-corrected chi connectivity index (χ1v) is 8.93. The summed E-state index contributed by atoms with van der Waals surface area (Å²) in [6.45, 7) is 3.03. The molecule has 0 aromatic carbocycles. The number of hydrogen-bond donors (Lipinski definition) is 2. The highest BCUT2D eigenvalue weighted by Gasteiger charge is 2.31. The van der Waals surface area contributed by atoms with Gasteiger partial charge in [0.05, 0.1) is 0 Å². The summed E-state index contributed by atoms with van der Waals surface area (Å²) in [6, 6.07) is 0.408. The number of halogens is 1. The quantitative estimate of drug-likeness (QED) is 0.826. The highest BCUT2D eigenvalue weighted by Crippen LogP contribution is 2.23. The molecular formula is C13H28ClN3O2S. The third kappa shape index (κ3) is 4.56. The summed E-state index contributed by atoms with van der Waals surface area (Å²) in [5.74, 6) is 0. The van der Waals surface area contributed by atoms with Gasteiger partial charge in [0.1, 0.15) is 0 Å². The van der Waals surface area contributed by atoms with Gasteiger partial charge in [-0.1, -0.05) is 19.3 Å². The van der Waals surface area contributed by atoms with E-state index in [9.17, 15) is 8.42 Å². The Labute approximate surface area is 129 Å². The molecule has 1 aliphatic heterocycles. The normalized spacial score (nSPS) is 29.1. The minimum absolute atomic E-state index is 0. The lowest BCUT2D eigenvalue weighted by atomic mass is 9.96. The molecule has 2 rings (SSSR count). The van der Waals surface area contributed by atoms with Crippen LogP contribution in [-0.2, 0) is 10.2 Å². The van der Waals surface area contributed by atoms with Crippen molar-refractivity contribution in [1.29, 1.82) is 0 Å². The van der Waals surface area contributed by atoms with Crippen LogP contribution in [0.4, 0.5) is 0 Å². The second kappa shape index (κ2) is 7.94. The second-order valence-corrected chi connectivity index (χ2v) is 7.68. The highest BCUT2D eigenvalue weighted by atomic mass is 35.5. The maximum absolute atomic E-state index is 12.4. The number of rotatable bonds is 4. The molecule has 1 heterocycles. The molecule has 2 aliphatic rings. The third-order valence-corrected chi connectivity index (χ3v) is 6.19. The first-order chi connectivity index (χ1) is 9.00. The van der Waals surface area contributed by atoms with E-state index < -0.39 is 10.2 Å². The van der Waals surface area contributed by atoms with Gasteiger partial charge in [-0.05, 0) is 39.2 Å². The fourth-order valence-electron chi connectivity index (χ4n) is 3.12. The van der Waals surface area contributed by atoms with Crippen LogP contribution in [0.25, 0.3) is 0 Å². The lowest BCUT2D eigenvalue weighted by molar-refractivity contribution is 0.275. The van der Waals surface area contributed by atoms with Gasteiger partial charge in [-0.2, -0.15) is 17.4 Å². The fourth-order valence-corrected chi connectivity index (χ4v) is 4.59. The summed E-state index contributed by atoms with van der Waals surface area (Å²) in [7, 11) is -1.63. The molecular weight excluding hydrogens is 298 g/mol. The van der Waals surface area contributed by atoms with E-state index in [1.54, 1.807) is 11.4 Å². The average Bonchev–Trinajstić information content (AvgIpc) is 2.41. The molecule has 2 fully saturated rings. The van der Waals surface area contributed by atoms with Gasteiger partial charge in [-0.15, -0.1) is 12.4 Å². The summed E-state index contributed by atoms with van der Waals surface area (Å²) in [5, 5.41) is 3.33.